The first-order chi connectivity index (χ1) is 26.3. The average Bonchev–Trinajstić information content (AvgIpc) is 3.19. The van der Waals surface area contributed by atoms with Crippen LogP contribution < -0.4 is 21.3 Å². The third kappa shape index (κ3) is 13.2. The lowest BCUT2D eigenvalue weighted by Gasteiger charge is -2.24. The number of rotatable bonds is 23. The van der Waals surface area contributed by atoms with Crippen LogP contribution in [0.2, 0.25) is 0 Å². The van der Waals surface area contributed by atoms with Crippen LogP contribution in [-0.4, -0.2) is 99.8 Å². The lowest BCUT2D eigenvalue weighted by atomic mass is 9.95. The Morgan fingerprint density at radius 2 is 1.52 bits per heavy atom. The second kappa shape index (κ2) is 22.6. The Morgan fingerprint density at radius 3 is 2.22 bits per heavy atom. The lowest BCUT2D eigenvalue weighted by molar-refractivity contribution is -0.141. The molecule has 3 aromatic carbocycles. The molecule has 1 aromatic heterocycles. The number of ether oxygens (including phenoxy) is 4. The molecule has 3 amide bonds. The number of nitrogens with two attached hydrogens (primary N) is 1. The fourth-order valence-electron chi connectivity index (χ4n) is 5.70. The molecule has 5 N–H and O–H groups in total. The molecule has 288 valence electrons. The maximum Gasteiger partial charge on any atom is 0.413 e. The van der Waals surface area contributed by atoms with Crippen LogP contribution in [0.25, 0.3) is 21.9 Å². The maximum atomic E-state index is 13.8. The summed E-state index contributed by atoms with van der Waals surface area (Å²) in [6.45, 7) is 1.94. The van der Waals surface area contributed by atoms with Crippen LogP contribution in [0.4, 0.5) is 10.6 Å². The van der Waals surface area contributed by atoms with E-state index in [2.05, 4.69) is 33.8 Å². The van der Waals surface area contributed by atoms with Gasteiger partial charge in [0.1, 0.15) is 11.9 Å². The van der Waals surface area contributed by atoms with Crippen molar-refractivity contribution in [2.24, 2.45) is 5.73 Å². The highest BCUT2D eigenvalue weighted by Gasteiger charge is 2.26. The number of carbonyl (C=O) groups is 4. The van der Waals surface area contributed by atoms with Crippen molar-refractivity contribution in [3.8, 4) is 11.1 Å². The quantitative estimate of drug-likeness (QED) is 0.0619. The molecule has 0 saturated carbocycles. The number of nitrogens with one attached hydrogen (secondary N) is 2. The molecule has 0 saturated heterocycles. The molecule has 0 spiro atoms. The number of carboxylic acid groups (broad SMARTS) is 1. The third-order valence-electron chi connectivity index (χ3n) is 8.46. The molecule has 0 fully saturated rings. The molecule has 4 rings (SSSR count). The van der Waals surface area contributed by atoms with E-state index in [1.54, 1.807) is 18.2 Å². The Labute approximate surface area is 314 Å². The van der Waals surface area contributed by atoms with Gasteiger partial charge in [-0.15, -0.1) is 0 Å². The number of amides is 3. The molecular formula is C40H49N5O9. The van der Waals surface area contributed by atoms with Crippen LogP contribution in [-0.2, 0) is 33.3 Å². The molecule has 0 aliphatic heterocycles. The zero-order chi connectivity index (χ0) is 38.5. The highest BCUT2D eigenvalue weighted by Crippen LogP contribution is 2.30. The van der Waals surface area contributed by atoms with Crippen LogP contribution in [0, 0.1) is 0 Å². The molecule has 0 bridgehead atoms. The Bertz CT molecular complexity index is 1770. The van der Waals surface area contributed by atoms with Crippen LogP contribution in [0.1, 0.15) is 37.3 Å². The van der Waals surface area contributed by atoms with Gasteiger partial charge in [-0.1, -0.05) is 72.8 Å². The Balaban J connectivity index is 1.41. The predicted molar refractivity (Wildman–Crippen MR) is 204 cm³/mol. The zero-order valence-electron chi connectivity index (χ0n) is 30.5. The van der Waals surface area contributed by atoms with Crippen molar-refractivity contribution in [2.45, 2.75) is 37.8 Å². The van der Waals surface area contributed by atoms with Crippen molar-refractivity contribution < 1.29 is 43.2 Å². The number of hydrogen-bond acceptors (Lipinski definition) is 10. The van der Waals surface area contributed by atoms with Crippen LogP contribution in [0.3, 0.4) is 0 Å². The van der Waals surface area contributed by atoms with E-state index in [-0.39, 0.29) is 39.2 Å². The normalized spacial score (nSPS) is 12.1. The maximum absolute atomic E-state index is 13.8. The Kier molecular flexibility index (Phi) is 17.3. The van der Waals surface area contributed by atoms with Crippen molar-refractivity contribution in [3.63, 3.8) is 0 Å². The number of aromatic nitrogens is 1. The van der Waals surface area contributed by atoms with Gasteiger partial charge < -0.3 is 40.4 Å². The van der Waals surface area contributed by atoms with E-state index < -0.39 is 36.0 Å². The van der Waals surface area contributed by atoms with Crippen molar-refractivity contribution in [1.82, 2.24) is 15.6 Å². The lowest BCUT2D eigenvalue weighted by Crippen LogP contribution is -2.50. The third-order valence-corrected chi connectivity index (χ3v) is 8.46. The summed E-state index contributed by atoms with van der Waals surface area (Å²) in [4.78, 5) is 56.4. The molecule has 0 aliphatic carbocycles. The number of anilines is 1. The van der Waals surface area contributed by atoms with Gasteiger partial charge in [0, 0.05) is 25.7 Å². The van der Waals surface area contributed by atoms with Gasteiger partial charge in [-0.3, -0.25) is 19.3 Å². The standard InChI is InChI=1S/C40H49N5O9/c1-51-38(47)27-34(31-17-15-30(16-18-31)33-12-8-10-29-9-2-3-11-32(29)33)44-39(48)35(28-54-26-25-53-24-23-52-22-19-41)43-37(46)14-5-7-21-45(40(49)50)36-13-4-6-20-42-36/h2-4,6,8-13,15-18,20,34-35H,5,7,14,19,21-28,41H2,1H3,(H,43,46)(H,44,48)(H,49,50). The minimum atomic E-state index is -1.15. The van der Waals surface area contributed by atoms with E-state index >= 15 is 0 Å². The van der Waals surface area contributed by atoms with Gasteiger partial charge in [-0.05, 0) is 52.4 Å². The average molecular weight is 744 g/mol. The Morgan fingerprint density at radius 1 is 0.815 bits per heavy atom. The minimum Gasteiger partial charge on any atom is -0.469 e. The number of fused-ring (bicyclic) bond motifs is 1. The molecule has 0 radical (unpaired) electrons. The van der Waals surface area contributed by atoms with Crippen molar-refractivity contribution in [2.75, 3.05) is 64.7 Å². The number of carbonyl (C=O) groups excluding carboxylic acids is 3. The predicted octanol–water partition coefficient (Wildman–Crippen LogP) is 4.47. The summed E-state index contributed by atoms with van der Waals surface area (Å²) in [5, 5.41) is 17.5. The van der Waals surface area contributed by atoms with Crippen molar-refractivity contribution in [3.05, 3.63) is 96.7 Å². The van der Waals surface area contributed by atoms with Crippen LogP contribution in [0.15, 0.2) is 91.1 Å². The fraction of sp³-hybridized carbons (Fsp3) is 0.375. The molecule has 1 heterocycles. The van der Waals surface area contributed by atoms with Gasteiger partial charge in [0.25, 0.3) is 0 Å². The summed E-state index contributed by atoms with van der Waals surface area (Å²) in [5.41, 5.74) is 8.11. The van der Waals surface area contributed by atoms with E-state index in [1.807, 2.05) is 48.5 Å². The molecular weight excluding hydrogens is 694 g/mol. The molecule has 0 aliphatic rings. The van der Waals surface area contributed by atoms with Crippen molar-refractivity contribution in [1.29, 1.82) is 0 Å². The minimum absolute atomic E-state index is 0.0343. The van der Waals surface area contributed by atoms with E-state index in [4.69, 9.17) is 24.7 Å². The summed E-state index contributed by atoms with van der Waals surface area (Å²) in [5.74, 6) is -1.21. The second-order valence-electron chi connectivity index (χ2n) is 12.3. The first-order valence-corrected chi connectivity index (χ1v) is 17.9. The topological polar surface area (TPSA) is 192 Å². The first kappa shape index (κ1) is 41.3. The monoisotopic (exact) mass is 743 g/mol. The SMILES string of the molecule is COC(=O)CC(NC(=O)C(COCCOCCOCCN)NC(=O)CCCCN(C(=O)O)c1ccccn1)c1ccc(-c2cccc3ccccc23)cc1. The summed E-state index contributed by atoms with van der Waals surface area (Å²) >= 11 is 0. The molecule has 14 heteroatoms. The smallest absolute Gasteiger partial charge is 0.413 e. The Hall–Kier alpha value is -5.41. The fourth-order valence-corrected chi connectivity index (χ4v) is 5.70. The van der Waals surface area contributed by atoms with Gasteiger partial charge in [0.05, 0.1) is 59.2 Å². The van der Waals surface area contributed by atoms with E-state index in [1.165, 1.54) is 13.3 Å². The van der Waals surface area contributed by atoms with Gasteiger partial charge in [0.2, 0.25) is 11.8 Å². The number of benzene rings is 3. The summed E-state index contributed by atoms with van der Waals surface area (Å²) in [7, 11) is 1.28. The van der Waals surface area contributed by atoms with Crippen LogP contribution >= 0.6 is 0 Å². The van der Waals surface area contributed by atoms with Gasteiger partial charge in [0.15, 0.2) is 0 Å². The number of esters is 1. The zero-order valence-corrected chi connectivity index (χ0v) is 30.5. The molecule has 2 atom stereocenters. The highest BCUT2D eigenvalue weighted by molar-refractivity contribution is 5.96. The van der Waals surface area contributed by atoms with E-state index in [9.17, 15) is 24.3 Å². The second-order valence-corrected chi connectivity index (χ2v) is 12.3. The van der Waals surface area contributed by atoms with E-state index in [0.717, 1.165) is 26.8 Å². The molecule has 2 unspecified atom stereocenters. The molecule has 14 nitrogen and oxygen atoms in total. The van der Waals surface area contributed by atoms with Gasteiger partial charge >= 0.3 is 12.1 Å². The summed E-state index contributed by atoms with van der Waals surface area (Å²) in [6.07, 6.45) is 0.981. The van der Waals surface area contributed by atoms with Crippen LogP contribution in [0.5, 0.6) is 0 Å². The van der Waals surface area contributed by atoms with Gasteiger partial charge in [-0.2, -0.15) is 0 Å². The number of hydrogen-bond donors (Lipinski definition) is 4. The van der Waals surface area contributed by atoms with Gasteiger partial charge in [-0.25, -0.2) is 9.78 Å². The molecule has 54 heavy (non-hydrogen) atoms. The number of pyridine rings is 1. The number of nitrogens with zero attached hydrogens (tertiary/aromatic N) is 2. The van der Waals surface area contributed by atoms with Crippen molar-refractivity contribution >= 4 is 40.5 Å². The van der Waals surface area contributed by atoms with E-state index in [0.29, 0.717) is 50.6 Å². The summed E-state index contributed by atoms with van der Waals surface area (Å²) in [6, 6.07) is 24.9. The number of unbranched alkanes of at least 4 members (excludes halogenated alkanes) is 1. The molecule has 4 aromatic rings. The largest absolute Gasteiger partial charge is 0.469 e. The summed E-state index contributed by atoms with van der Waals surface area (Å²) < 4.78 is 21.5. The highest BCUT2D eigenvalue weighted by atomic mass is 16.5. The number of methoxy groups -OCH3 is 1. The first-order valence-electron chi connectivity index (χ1n) is 17.9.